The van der Waals surface area contributed by atoms with Crippen LogP contribution in [0.3, 0.4) is 0 Å². The average molecular weight is 263 g/mol. The average Bonchev–Trinajstić information content (AvgIpc) is 2.96. The second-order valence-corrected chi connectivity index (χ2v) is 5.28. The molecule has 1 saturated heterocycles. The molecule has 0 amide bonds. The van der Waals surface area contributed by atoms with Crippen molar-refractivity contribution in [3.05, 3.63) is 0 Å². The Bertz CT molecular complexity index is 444. The molecule has 7 heteroatoms. The minimum atomic E-state index is 0.424. The van der Waals surface area contributed by atoms with Gasteiger partial charge in [0.1, 0.15) is 0 Å². The molecule has 19 heavy (non-hydrogen) atoms. The summed E-state index contributed by atoms with van der Waals surface area (Å²) in [6.45, 7) is 4.23. The normalized spacial score (nSPS) is 25.5. The number of nitrogens with two attached hydrogens (primary N) is 1. The van der Waals surface area contributed by atoms with Crippen molar-refractivity contribution in [3.8, 4) is 0 Å². The van der Waals surface area contributed by atoms with Crippen LogP contribution in [-0.2, 0) is 0 Å². The number of nitrogen functional groups attached to an aromatic ring is 1. The second-order valence-electron chi connectivity index (χ2n) is 5.28. The molecule has 0 spiro atoms. The minimum Gasteiger partial charge on any atom is -0.351 e. The van der Waals surface area contributed by atoms with Crippen LogP contribution in [-0.4, -0.2) is 34.1 Å². The largest absolute Gasteiger partial charge is 0.351 e. The predicted molar refractivity (Wildman–Crippen MR) is 74.9 cm³/mol. The van der Waals surface area contributed by atoms with E-state index in [0.29, 0.717) is 17.9 Å². The molecule has 4 N–H and O–H groups in total. The molecular weight excluding hydrogens is 242 g/mol. The molecule has 1 aliphatic carbocycles. The van der Waals surface area contributed by atoms with Gasteiger partial charge in [-0.15, -0.1) is 0 Å². The standard InChI is InChI=1S/C12H21N7/c1-2-8-7-9(8)14-10-15-11(18-13)17-12(16-10)19-5-3-4-6-19/h8-9H,2-7,13H2,1H3,(H2,14,15,16,17,18). The van der Waals surface area contributed by atoms with Crippen LogP contribution in [0, 0.1) is 5.92 Å². The lowest BCUT2D eigenvalue weighted by Gasteiger charge is -2.16. The topological polar surface area (TPSA) is 92.0 Å². The fourth-order valence-electron chi connectivity index (χ4n) is 2.59. The Morgan fingerprint density at radius 2 is 1.95 bits per heavy atom. The van der Waals surface area contributed by atoms with Gasteiger partial charge < -0.3 is 10.2 Å². The molecule has 1 aromatic heterocycles. The van der Waals surface area contributed by atoms with Crippen LogP contribution in [0.1, 0.15) is 32.6 Å². The van der Waals surface area contributed by atoms with Gasteiger partial charge in [0.05, 0.1) is 0 Å². The molecule has 0 bridgehead atoms. The number of hydrogen-bond donors (Lipinski definition) is 3. The van der Waals surface area contributed by atoms with E-state index in [1.807, 2.05) is 0 Å². The molecule has 2 heterocycles. The van der Waals surface area contributed by atoms with Gasteiger partial charge in [0.2, 0.25) is 17.8 Å². The minimum absolute atomic E-state index is 0.424. The maximum absolute atomic E-state index is 5.44. The van der Waals surface area contributed by atoms with Gasteiger partial charge in [0.25, 0.3) is 0 Å². The van der Waals surface area contributed by atoms with Crippen molar-refractivity contribution in [3.63, 3.8) is 0 Å². The molecule has 2 aliphatic rings. The summed E-state index contributed by atoms with van der Waals surface area (Å²) in [5, 5.41) is 3.37. The van der Waals surface area contributed by atoms with Crippen LogP contribution in [0.15, 0.2) is 0 Å². The number of hydrogen-bond acceptors (Lipinski definition) is 7. The van der Waals surface area contributed by atoms with E-state index >= 15 is 0 Å². The number of nitrogens with one attached hydrogen (secondary N) is 2. The summed E-state index contributed by atoms with van der Waals surface area (Å²) in [5.41, 5.74) is 2.52. The van der Waals surface area contributed by atoms with Crippen molar-refractivity contribution in [2.24, 2.45) is 11.8 Å². The lowest BCUT2D eigenvalue weighted by Crippen LogP contribution is -2.23. The van der Waals surface area contributed by atoms with Gasteiger partial charge in [-0.1, -0.05) is 13.3 Å². The highest BCUT2D eigenvalue weighted by molar-refractivity contribution is 5.44. The Morgan fingerprint density at radius 1 is 1.21 bits per heavy atom. The molecule has 0 radical (unpaired) electrons. The van der Waals surface area contributed by atoms with Gasteiger partial charge >= 0.3 is 0 Å². The zero-order valence-corrected chi connectivity index (χ0v) is 11.3. The first-order chi connectivity index (χ1) is 9.30. The summed E-state index contributed by atoms with van der Waals surface area (Å²) in [5.74, 6) is 7.96. The zero-order chi connectivity index (χ0) is 13.2. The smallest absolute Gasteiger partial charge is 0.243 e. The third kappa shape index (κ3) is 2.70. The summed E-state index contributed by atoms with van der Waals surface area (Å²) in [6.07, 6.45) is 4.79. The van der Waals surface area contributed by atoms with Gasteiger partial charge in [-0.2, -0.15) is 15.0 Å². The monoisotopic (exact) mass is 263 g/mol. The van der Waals surface area contributed by atoms with Crippen LogP contribution in [0.4, 0.5) is 17.8 Å². The van der Waals surface area contributed by atoms with Crippen LogP contribution >= 0.6 is 0 Å². The van der Waals surface area contributed by atoms with Crippen LogP contribution < -0.4 is 21.5 Å². The van der Waals surface area contributed by atoms with E-state index < -0.39 is 0 Å². The highest BCUT2D eigenvalue weighted by atomic mass is 15.4. The Hall–Kier alpha value is -1.63. The lowest BCUT2D eigenvalue weighted by molar-refractivity contribution is 0.769. The van der Waals surface area contributed by atoms with Crippen molar-refractivity contribution >= 4 is 17.8 Å². The number of hydrazine groups is 1. The molecule has 1 aromatic rings. The summed E-state index contributed by atoms with van der Waals surface area (Å²) in [4.78, 5) is 15.3. The van der Waals surface area contributed by atoms with Crippen LogP contribution in [0.5, 0.6) is 0 Å². The SMILES string of the molecule is CCC1CC1Nc1nc(NN)nc(N2CCCC2)n1. The number of aromatic nitrogens is 3. The molecule has 104 valence electrons. The maximum Gasteiger partial charge on any atom is 0.243 e. The first-order valence-corrected chi connectivity index (χ1v) is 7.04. The van der Waals surface area contributed by atoms with E-state index in [9.17, 15) is 0 Å². The number of nitrogens with zero attached hydrogens (tertiary/aromatic N) is 4. The first kappa shape index (κ1) is 12.4. The molecule has 1 aliphatic heterocycles. The maximum atomic E-state index is 5.44. The number of rotatable bonds is 5. The van der Waals surface area contributed by atoms with Gasteiger partial charge in [0, 0.05) is 19.1 Å². The molecule has 1 saturated carbocycles. The Labute approximate surface area is 113 Å². The first-order valence-electron chi connectivity index (χ1n) is 7.04. The van der Waals surface area contributed by atoms with Gasteiger partial charge in [-0.3, -0.25) is 5.43 Å². The second kappa shape index (κ2) is 5.16. The third-order valence-corrected chi connectivity index (χ3v) is 3.90. The van der Waals surface area contributed by atoms with E-state index in [2.05, 4.69) is 37.5 Å². The molecular formula is C12H21N7. The van der Waals surface area contributed by atoms with Crippen molar-refractivity contribution in [1.29, 1.82) is 0 Å². The van der Waals surface area contributed by atoms with E-state index in [1.54, 1.807) is 0 Å². The van der Waals surface area contributed by atoms with Crippen LogP contribution in [0.25, 0.3) is 0 Å². The molecule has 3 rings (SSSR count). The molecule has 2 atom stereocenters. The van der Waals surface area contributed by atoms with Crippen molar-refractivity contribution < 1.29 is 0 Å². The Kier molecular flexibility index (Phi) is 3.37. The molecule has 0 aromatic carbocycles. The van der Waals surface area contributed by atoms with Crippen molar-refractivity contribution in [1.82, 2.24) is 15.0 Å². The van der Waals surface area contributed by atoms with Crippen molar-refractivity contribution in [2.45, 2.75) is 38.6 Å². The number of anilines is 3. The lowest BCUT2D eigenvalue weighted by atomic mass is 10.3. The van der Waals surface area contributed by atoms with Gasteiger partial charge in [-0.25, -0.2) is 5.84 Å². The quantitative estimate of drug-likeness (QED) is 0.538. The molecule has 7 nitrogen and oxygen atoms in total. The fraction of sp³-hybridized carbons (Fsp3) is 0.750. The van der Waals surface area contributed by atoms with E-state index in [0.717, 1.165) is 25.0 Å². The summed E-state index contributed by atoms with van der Waals surface area (Å²) in [6, 6.07) is 0.504. The fourth-order valence-corrected chi connectivity index (χ4v) is 2.59. The predicted octanol–water partition coefficient (Wildman–Crippen LogP) is 0.968. The zero-order valence-electron chi connectivity index (χ0n) is 11.3. The third-order valence-electron chi connectivity index (χ3n) is 3.90. The molecule has 2 unspecified atom stereocenters. The van der Waals surface area contributed by atoms with Gasteiger partial charge in [-0.05, 0) is 25.2 Å². The highest BCUT2D eigenvalue weighted by Crippen LogP contribution is 2.35. The van der Waals surface area contributed by atoms with Gasteiger partial charge in [0.15, 0.2) is 0 Å². The van der Waals surface area contributed by atoms with Crippen LogP contribution in [0.2, 0.25) is 0 Å². The van der Waals surface area contributed by atoms with E-state index in [4.69, 9.17) is 5.84 Å². The van der Waals surface area contributed by atoms with E-state index in [-0.39, 0.29) is 0 Å². The Balaban J connectivity index is 1.76. The van der Waals surface area contributed by atoms with E-state index in [1.165, 1.54) is 25.7 Å². The summed E-state index contributed by atoms with van der Waals surface area (Å²) in [7, 11) is 0. The van der Waals surface area contributed by atoms with Crippen molar-refractivity contribution in [2.75, 3.05) is 28.7 Å². The summed E-state index contributed by atoms with van der Waals surface area (Å²) < 4.78 is 0. The highest BCUT2D eigenvalue weighted by Gasteiger charge is 2.36. The Morgan fingerprint density at radius 3 is 2.58 bits per heavy atom. The summed E-state index contributed by atoms with van der Waals surface area (Å²) >= 11 is 0. The molecule has 2 fully saturated rings.